The second-order valence-corrected chi connectivity index (χ2v) is 16.3. The van der Waals surface area contributed by atoms with Crippen molar-refractivity contribution in [2.45, 2.75) is 10.8 Å². The van der Waals surface area contributed by atoms with E-state index >= 15 is 0 Å². The van der Waals surface area contributed by atoms with Gasteiger partial charge >= 0.3 is 0 Å². The molecule has 1 atom stereocenters. The Balaban J connectivity index is 1.04. The van der Waals surface area contributed by atoms with Crippen LogP contribution in [0.5, 0.6) is 11.5 Å². The Labute approximate surface area is 343 Å². The highest BCUT2D eigenvalue weighted by Gasteiger charge is 2.52. The van der Waals surface area contributed by atoms with Crippen LogP contribution < -0.4 is 4.74 Å². The summed E-state index contributed by atoms with van der Waals surface area (Å²) in [4.78, 5) is 0. The van der Waals surface area contributed by atoms with Crippen LogP contribution in [0.25, 0.3) is 54.9 Å². The smallest absolute Gasteiger partial charge is 0.132 e. The third kappa shape index (κ3) is 4.19. The molecule has 10 aromatic carbocycles. The number of fused-ring (bicyclic) bond motifs is 16. The van der Waals surface area contributed by atoms with Crippen molar-refractivity contribution in [1.82, 2.24) is 0 Å². The molecule has 1 spiro atoms. The van der Waals surface area contributed by atoms with E-state index in [1.54, 1.807) is 0 Å². The second-order valence-electron chi connectivity index (χ2n) is 16.3. The molecule has 0 saturated carbocycles. The Morgan fingerprint density at radius 3 is 1.56 bits per heavy atom. The molecule has 13 rings (SSSR count). The molecule has 0 fully saturated rings. The predicted molar refractivity (Wildman–Crippen MR) is 242 cm³/mol. The molecule has 1 unspecified atom stereocenters. The van der Waals surface area contributed by atoms with Crippen LogP contribution in [-0.4, -0.2) is 0 Å². The zero-order valence-electron chi connectivity index (χ0n) is 32.2. The Hall–Kier alpha value is -7.48. The molecular formula is C58H36O. The minimum absolute atomic E-state index is 0.481. The van der Waals surface area contributed by atoms with Gasteiger partial charge in [-0.15, -0.1) is 0 Å². The largest absolute Gasteiger partial charge is 0.457 e. The Morgan fingerprint density at radius 2 is 0.831 bits per heavy atom. The summed E-state index contributed by atoms with van der Waals surface area (Å²) in [7, 11) is 0. The average molecular weight is 749 g/mol. The molecule has 274 valence electrons. The standard InChI is InChI=1S/C58H36O/c1-2-16-41(17-3-1)57(50-25-13-10-22-47(50)55-43-18-6-4-14-38(43)28-33-51(55)57)42-31-26-37(27-32-42)40-30-34-53-52(36-40)58(56-44-19-7-5-15-39(44)29-35-54(56)59-53)48-23-11-8-20-45(48)46-21-9-12-24-49(46)58/h1-36H. The lowest BCUT2D eigenvalue weighted by atomic mass is 9.64. The first-order chi connectivity index (χ1) is 29.3. The lowest BCUT2D eigenvalue weighted by Gasteiger charge is -2.40. The van der Waals surface area contributed by atoms with Gasteiger partial charge in [0.05, 0.1) is 10.8 Å². The molecule has 3 aliphatic rings. The number of hydrogen-bond acceptors (Lipinski definition) is 1. The molecule has 2 aliphatic carbocycles. The van der Waals surface area contributed by atoms with E-state index in [4.69, 9.17) is 4.74 Å². The molecule has 1 heterocycles. The molecule has 0 bridgehead atoms. The minimum Gasteiger partial charge on any atom is -0.457 e. The van der Waals surface area contributed by atoms with Gasteiger partial charge in [0.1, 0.15) is 11.5 Å². The van der Waals surface area contributed by atoms with Crippen LogP contribution in [0, 0.1) is 0 Å². The molecule has 59 heavy (non-hydrogen) atoms. The van der Waals surface area contributed by atoms with Crippen LogP contribution in [0.2, 0.25) is 0 Å². The van der Waals surface area contributed by atoms with Crippen molar-refractivity contribution in [3.63, 3.8) is 0 Å². The second kappa shape index (κ2) is 12.0. The molecule has 0 aromatic heterocycles. The molecule has 0 N–H and O–H groups in total. The Morgan fingerprint density at radius 1 is 0.305 bits per heavy atom. The van der Waals surface area contributed by atoms with E-state index in [2.05, 4.69) is 218 Å². The highest BCUT2D eigenvalue weighted by molar-refractivity contribution is 6.04. The zero-order valence-corrected chi connectivity index (χ0v) is 32.2. The zero-order chi connectivity index (χ0) is 38.7. The van der Waals surface area contributed by atoms with Gasteiger partial charge < -0.3 is 4.74 Å². The maximum atomic E-state index is 6.94. The first-order valence-electron chi connectivity index (χ1n) is 20.6. The summed E-state index contributed by atoms with van der Waals surface area (Å²) < 4.78 is 6.94. The van der Waals surface area contributed by atoms with Gasteiger partial charge in [-0.25, -0.2) is 0 Å². The van der Waals surface area contributed by atoms with Crippen molar-refractivity contribution in [2.75, 3.05) is 0 Å². The fourth-order valence-electron chi connectivity index (χ4n) is 11.3. The number of ether oxygens (including phenoxy) is 1. The third-order valence-electron chi connectivity index (χ3n) is 13.6. The van der Waals surface area contributed by atoms with Crippen LogP contribution in [0.15, 0.2) is 218 Å². The molecule has 0 saturated heterocycles. The van der Waals surface area contributed by atoms with Crippen LogP contribution in [0.1, 0.15) is 44.5 Å². The van der Waals surface area contributed by atoms with Gasteiger partial charge in [-0.05, 0) is 107 Å². The molecule has 1 heteroatoms. The molecule has 1 aliphatic heterocycles. The van der Waals surface area contributed by atoms with E-state index in [9.17, 15) is 0 Å². The SMILES string of the molecule is c1ccc(C2(c3ccc(-c4ccc5c(c4)C4(c6ccccc6-c6ccccc64)c4c(ccc6ccccc46)O5)cc3)c3ccccc3-c3c2ccc2ccccc32)cc1. The normalized spacial score (nSPS) is 16.1. The van der Waals surface area contributed by atoms with E-state index in [-0.39, 0.29) is 0 Å². The van der Waals surface area contributed by atoms with Crippen molar-refractivity contribution in [1.29, 1.82) is 0 Å². The lowest BCUT2D eigenvalue weighted by Crippen LogP contribution is -2.32. The molecular weight excluding hydrogens is 713 g/mol. The fraction of sp³-hybridized carbons (Fsp3) is 0.0345. The van der Waals surface area contributed by atoms with Gasteiger partial charge in [0.25, 0.3) is 0 Å². The quantitative estimate of drug-likeness (QED) is 0.175. The molecule has 0 amide bonds. The lowest BCUT2D eigenvalue weighted by molar-refractivity contribution is 0.438. The van der Waals surface area contributed by atoms with Gasteiger partial charge in [-0.1, -0.05) is 200 Å². The Bertz CT molecular complexity index is 3310. The van der Waals surface area contributed by atoms with E-state index < -0.39 is 10.8 Å². The monoisotopic (exact) mass is 748 g/mol. The van der Waals surface area contributed by atoms with Gasteiger partial charge in [0.2, 0.25) is 0 Å². The highest BCUT2D eigenvalue weighted by Crippen LogP contribution is 2.64. The maximum absolute atomic E-state index is 6.94. The van der Waals surface area contributed by atoms with E-state index in [1.807, 2.05) is 0 Å². The first-order valence-corrected chi connectivity index (χ1v) is 20.6. The van der Waals surface area contributed by atoms with E-state index in [0.717, 1.165) is 17.1 Å². The highest BCUT2D eigenvalue weighted by atomic mass is 16.5. The van der Waals surface area contributed by atoms with Crippen molar-refractivity contribution >= 4 is 21.5 Å². The average Bonchev–Trinajstić information content (AvgIpc) is 3.78. The molecule has 1 nitrogen and oxygen atoms in total. The van der Waals surface area contributed by atoms with E-state index in [1.165, 1.54) is 93.9 Å². The molecule has 0 radical (unpaired) electrons. The van der Waals surface area contributed by atoms with Crippen LogP contribution in [0.3, 0.4) is 0 Å². The summed E-state index contributed by atoms with van der Waals surface area (Å²) in [5.74, 6) is 1.81. The molecule has 10 aromatic rings. The summed E-state index contributed by atoms with van der Waals surface area (Å²) in [6.07, 6.45) is 0. The van der Waals surface area contributed by atoms with Gasteiger partial charge in [-0.2, -0.15) is 0 Å². The summed E-state index contributed by atoms with van der Waals surface area (Å²) >= 11 is 0. The van der Waals surface area contributed by atoms with Crippen molar-refractivity contribution < 1.29 is 4.74 Å². The van der Waals surface area contributed by atoms with Gasteiger partial charge in [-0.3, -0.25) is 0 Å². The van der Waals surface area contributed by atoms with E-state index in [0.29, 0.717) is 0 Å². The minimum atomic E-state index is -0.565. The summed E-state index contributed by atoms with van der Waals surface area (Å²) in [5.41, 5.74) is 16.6. The van der Waals surface area contributed by atoms with Gasteiger partial charge in [0.15, 0.2) is 0 Å². The summed E-state index contributed by atoms with van der Waals surface area (Å²) in [6.45, 7) is 0. The third-order valence-corrected chi connectivity index (χ3v) is 13.6. The predicted octanol–water partition coefficient (Wildman–Crippen LogP) is 14.5. The van der Waals surface area contributed by atoms with Crippen molar-refractivity contribution in [3.05, 3.63) is 263 Å². The first kappa shape index (κ1) is 32.6. The number of rotatable bonds is 3. The van der Waals surface area contributed by atoms with Gasteiger partial charge in [0, 0.05) is 11.1 Å². The maximum Gasteiger partial charge on any atom is 0.132 e. The van der Waals surface area contributed by atoms with Crippen molar-refractivity contribution in [2.24, 2.45) is 0 Å². The van der Waals surface area contributed by atoms with Crippen molar-refractivity contribution in [3.8, 4) is 44.9 Å². The fourth-order valence-corrected chi connectivity index (χ4v) is 11.3. The van der Waals surface area contributed by atoms with Crippen LogP contribution >= 0.6 is 0 Å². The summed E-state index contributed by atoms with van der Waals surface area (Å²) in [5, 5.41) is 4.98. The summed E-state index contributed by atoms with van der Waals surface area (Å²) in [6, 6.07) is 81.0. The number of benzene rings is 10. The number of hydrogen-bond donors (Lipinski definition) is 0. The Kier molecular flexibility index (Phi) is 6.64. The van der Waals surface area contributed by atoms with Crippen LogP contribution in [-0.2, 0) is 10.8 Å². The topological polar surface area (TPSA) is 9.23 Å². The van der Waals surface area contributed by atoms with Crippen LogP contribution in [0.4, 0.5) is 0 Å².